The van der Waals surface area contributed by atoms with Gasteiger partial charge < -0.3 is 9.80 Å². The van der Waals surface area contributed by atoms with Crippen molar-refractivity contribution in [3.8, 4) is 0 Å². The lowest BCUT2D eigenvalue weighted by Crippen LogP contribution is -2.46. The molecule has 0 spiro atoms. The van der Waals surface area contributed by atoms with Crippen LogP contribution in [-0.4, -0.2) is 85.7 Å². The second-order valence-electron chi connectivity index (χ2n) is 9.38. The molecule has 0 bridgehead atoms. The van der Waals surface area contributed by atoms with Crippen molar-refractivity contribution in [2.75, 3.05) is 49.1 Å². The van der Waals surface area contributed by atoms with Crippen molar-refractivity contribution in [3.05, 3.63) is 41.0 Å². The zero-order valence-corrected chi connectivity index (χ0v) is 21.6. The Balaban J connectivity index is 1.31. The molecule has 2 aliphatic heterocycles. The molecule has 192 valence electrons. The van der Waals surface area contributed by atoms with Crippen LogP contribution < -0.4 is 9.62 Å². The maximum absolute atomic E-state index is 13.5. The Morgan fingerprint density at radius 2 is 1.86 bits per heavy atom. The van der Waals surface area contributed by atoms with E-state index in [9.17, 15) is 17.6 Å². The molecule has 1 amide bonds. The highest BCUT2D eigenvalue weighted by atomic mass is 35.5. The molecule has 3 heterocycles. The lowest BCUT2D eigenvalue weighted by molar-refractivity contribution is 0.130. The normalized spacial score (nSPS) is 18.3. The minimum absolute atomic E-state index is 0.117. The molecule has 9 nitrogen and oxygen atoms in total. The van der Waals surface area contributed by atoms with Crippen molar-refractivity contribution in [1.29, 1.82) is 0 Å². The van der Waals surface area contributed by atoms with Crippen molar-refractivity contribution < 1.29 is 17.6 Å². The maximum Gasteiger partial charge on any atom is 0.344 e. The van der Waals surface area contributed by atoms with Crippen LogP contribution in [0, 0.1) is 0 Å². The number of likely N-dealkylation sites (tertiary alicyclic amines) is 1. The number of benzene rings is 1. The lowest BCUT2D eigenvalue weighted by Gasteiger charge is -2.37. The molecule has 2 fully saturated rings. The number of aromatic nitrogens is 2. The minimum atomic E-state index is -3.45. The zero-order valence-electron chi connectivity index (χ0n) is 20.0. The third-order valence-electron chi connectivity index (χ3n) is 6.64. The monoisotopic (exact) mass is 526 g/mol. The van der Waals surface area contributed by atoms with E-state index in [1.807, 2.05) is 12.1 Å². The van der Waals surface area contributed by atoms with E-state index in [1.54, 1.807) is 4.90 Å². The minimum Gasteiger partial charge on any atom is -0.370 e. The second kappa shape index (κ2) is 10.7. The van der Waals surface area contributed by atoms with Gasteiger partial charge in [-0.2, -0.15) is 4.68 Å². The van der Waals surface area contributed by atoms with Crippen LogP contribution in [0.3, 0.4) is 0 Å². The first-order chi connectivity index (χ1) is 16.6. The average Bonchev–Trinajstić information content (AvgIpc) is 3.27. The van der Waals surface area contributed by atoms with Crippen molar-refractivity contribution in [3.63, 3.8) is 0 Å². The van der Waals surface area contributed by atoms with E-state index in [2.05, 4.69) is 32.7 Å². The molecule has 1 aromatic heterocycles. The summed E-state index contributed by atoms with van der Waals surface area (Å²) in [7, 11) is -1.37. The molecule has 35 heavy (non-hydrogen) atoms. The molecule has 0 saturated carbocycles. The molecule has 2 saturated heterocycles. The molecular formula is C23H32ClFN6O3S. The smallest absolute Gasteiger partial charge is 0.344 e. The number of hydrogen-bond donors (Lipinski definition) is 1. The van der Waals surface area contributed by atoms with E-state index < -0.39 is 16.2 Å². The van der Waals surface area contributed by atoms with Crippen molar-refractivity contribution in [1.82, 2.24) is 19.6 Å². The number of hydrogen-bond acceptors (Lipinski definition) is 6. The first-order valence-electron chi connectivity index (χ1n) is 11.8. The summed E-state index contributed by atoms with van der Waals surface area (Å²) >= 11 is 6.45. The lowest BCUT2D eigenvalue weighted by atomic mass is 10.0. The van der Waals surface area contributed by atoms with Gasteiger partial charge in [-0.25, -0.2) is 17.6 Å². The number of halogens is 2. The van der Waals surface area contributed by atoms with Gasteiger partial charge in [0, 0.05) is 51.0 Å². The molecule has 0 unspecified atom stereocenters. The Hall–Kier alpha value is -2.37. The van der Waals surface area contributed by atoms with Crippen LogP contribution in [0.5, 0.6) is 0 Å². The summed E-state index contributed by atoms with van der Waals surface area (Å²) in [5.41, 5.74) is 2.11. The summed E-state index contributed by atoms with van der Waals surface area (Å²) in [5.74, 6) is 0.117. The predicted molar refractivity (Wildman–Crippen MR) is 135 cm³/mol. The van der Waals surface area contributed by atoms with Gasteiger partial charge in [-0.3, -0.25) is 9.62 Å². The SMILES string of the molecule is CN(Cc1ccc(Cl)c(N2CCC(F)CC2)c1)C1CCN(C(=O)n2ccc(NS(C)(=O)=O)n2)CC1. The molecule has 2 aromatic rings. The first-order valence-corrected chi connectivity index (χ1v) is 14.1. The highest BCUT2D eigenvalue weighted by Crippen LogP contribution is 2.31. The van der Waals surface area contributed by atoms with Crippen molar-refractivity contribution in [2.45, 2.75) is 44.4 Å². The highest BCUT2D eigenvalue weighted by Gasteiger charge is 2.27. The maximum atomic E-state index is 13.5. The van der Waals surface area contributed by atoms with Gasteiger partial charge in [-0.05, 0) is 50.4 Å². The van der Waals surface area contributed by atoms with E-state index in [0.29, 0.717) is 50.1 Å². The fraction of sp³-hybridized carbons (Fsp3) is 0.565. The Labute approximate surface area is 210 Å². The van der Waals surface area contributed by atoms with Crippen molar-refractivity contribution in [2.24, 2.45) is 0 Å². The summed E-state index contributed by atoms with van der Waals surface area (Å²) in [4.78, 5) is 19.0. The van der Waals surface area contributed by atoms with Crippen LogP contribution in [0.4, 0.5) is 20.7 Å². The molecule has 0 atom stereocenters. The quantitative estimate of drug-likeness (QED) is 0.620. The summed E-state index contributed by atoms with van der Waals surface area (Å²) in [6, 6.07) is 7.56. The second-order valence-corrected chi connectivity index (χ2v) is 11.5. The number of anilines is 2. The number of piperidine rings is 2. The number of carbonyl (C=O) groups is 1. The number of sulfonamides is 1. The van der Waals surface area contributed by atoms with Crippen molar-refractivity contribution >= 4 is 39.2 Å². The van der Waals surface area contributed by atoms with E-state index >= 15 is 0 Å². The molecule has 2 aliphatic rings. The fourth-order valence-electron chi connectivity index (χ4n) is 4.72. The predicted octanol–water partition coefficient (Wildman–Crippen LogP) is 3.41. The Morgan fingerprint density at radius 3 is 2.51 bits per heavy atom. The van der Waals surface area contributed by atoms with E-state index in [4.69, 9.17) is 11.6 Å². The van der Waals surface area contributed by atoms with Gasteiger partial charge in [0.05, 0.1) is 17.0 Å². The molecule has 1 N–H and O–H groups in total. The number of alkyl halides is 1. The van der Waals surface area contributed by atoms with Crippen LogP contribution >= 0.6 is 11.6 Å². The van der Waals surface area contributed by atoms with E-state index in [0.717, 1.165) is 36.9 Å². The Morgan fingerprint density at radius 1 is 1.17 bits per heavy atom. The number of rotatable bonds is 6. The van der Waals surface area contributed by atoms with Gasteiger partial charge in [0.2, 0.25) is 10.0 Å². The number of nitrogens with zero attached hydrogens (tertiary/aromatic N) is 5. The fourth-order valence-corrected chi connectivity index (χ4v) is 5.45. The third-order valence-corrected chi connectivity index (χ3v) is 7.54. The Kier molecular flexibility index (Phi) is 7.87. The average molecular weight is 527 g/mol. The van der Waals surface area contributed by atoms with Gasteiger partial charge in [-0.1, -0.05) is 17.7 Å². The molecule has 4 rings (SSSR count). The van der Waals surface area contributed by atoms with Gasteiger partial charge >= 0.3 is 6.03 Å². The van der Waals surface area contributed by atoms with Gasteiger partial charge in [0.25, 0.3) is 0 Å². The largest absolute Gasteiger partial charge is 0.370 e. The molecule has 1 aromatic carbocycles. The molecule has 0 radical (unpaired) electrons. The summed E-state index contributed by atoms with van der Waals surface area (Å²) < 4.78 is 39.7. The summed E-state index contributed by atoms with van der Waals surface area (Å²) in [5, 5.41) is 4.72. The van der Waals surface area contributed by atoms with Gasteiger partial charge in [-0.15, -0.1) is 5.10 Å². The zero-order chi connectivity index (χ0) is 25.2. The molecule has 0 aliphatic carbocycles. The number of carbonyl (C=O) groups excluding carboxylic acids is 1. The molecule has 12 heteroatoms. The Bertz CT molecular complexity index is 1140. The van der Waals surface area contributed by atoms with E-state index in [-0.39, 0.29) is 11.8 Å². The number of nitrogens with one attached hydrogen (secondary N) is 1. The van der Waals surface area contributed by atoms with Crippen LogP contribution in [-0.2, 0) is 16.6 Å². The third kappa shape index (κ3) is 6.65. The van der Waals surface area contributed by atoms with Crippen LogP contribution in [0.1, 0.15) is 31.2 Å². The topological polar surface area (TPSA) is 90.8 Å². The highest BCUT2D eigenvalue weighted by molar-refractivity contribution is 7.92. The standard InChI is InChI=1S/C23H32ClFN6O3S/c1-28(16-17-3-4-20(24)21(15-17)29-10-5-18(25)6-11-29)19-7-12-30(13-8-19)23(32)31-14-9-22(26-31)27-35(2,33)34/h3-4,9,14-15,18-19H,5-8,10-13,16H2,1-2H3,(H,26,27). The van der Waals surface area contributed by atoms with Crippen LogP contribution in [0.2, 0.25) is 5.02 Å². The number of amides is 1. The van der Waals surface area contributed by atoms with E-state index in [1.165, 1.54) is 16.9 Å². The van der Waals surface area contributed by atoms with Crippen LogP contribution in [0.25, 0.3) is 0 Å². The van der Waals surface area contributed by atoms with Gasteiger partial charge in [0.1, 0.15) is 6.17 Å². The van der Waals surface area contributed by atoms with Gasteiger partial charge in [0.15, 0.2) is 5.82 Å². The summed E-state index contributed by atoms with van der Waals surface area (Å²) in [6.45, 7) is 3.28. The molecular weight excluding hydrogens is 495 g/mol. The first kappa shape index (κ1) is 25.7. The summed E-state index contributed by atoms with van der Waals surface area (Å²) in [6.07, 6.45) is 4.48. The van der Waals surface area contributed by atoms with Crippen LogP contribution in [0.15, 0.2) is 30.5 Å².